The number of benzene rings is 6. The molecule has 0 radical (unpaired) electrons. The zero-order chi connectivity index (χ0) is 61.2. The molecule has 37 heteroatoms. The Kier molecular flexibility index (Phi) is 25.7. The summed E-state index contributed by atoms with van der Waals surface area (Å²) in [5.74, 6) is -4.33. The van der Waals surface area contributed by atoms with Gasteiger partial charge in [-0.25, -0.2) is 48.1 Å². The molecule has 4 amide bonds. The van der Waals surface area contributed by atoms with Crippen LogP contribution in [0.1, 0.15) is 56.8 Å². The molecule has 8 rings (SSSR count). The van der Waals surface area contributed by atoms with Gasteiger partial charge in [-0.3, -0.25) is 9.59 Å². The molecular weight excluding hydrogens is 1280 g/mol. The minimum absolute atomic E-state index is 0. The van der Waals surface area contributed by atoms with Gasteiger partial charge in [-0.2, -0.15) is 40.7 Å². The first kappa shape index (κ1) is 74.6. The van der Waals surface area contributed by atoms with Crippen LogP contribution in [0.4, 0.5) is 38.9 Å². The van der Waals surface area contributed by atoms with Crippen LogP contribution >= 0.6 is 0 Å². The summed E-state index contributed by atoms with van der Waals surface area (Å²) in [7, 11) is -21.5. The van der Waals surface area contributed by atoms with E-state index < -0.39 is 102 Å². The summed E-state index contributed by atoms with van der Waals surface area (Å²) in [5.41, 5.74) is -3.07. The molecule has 29 nitrogen and oxygen atoms in total. The van der Waals surface area contributed by atoms with Gasteiger partial charge < -0.3 is 39.1 Å². The van der Waals surface area contributed by atoms with Gasteiger partial charge in [0, 0.05) is 11.4 Å². The van der Waals surface area contributed by atoms with Gasteiger partial charge >= 0.3 is 136 Å². The summed E-state index contributed by atoms with van der Waals surface area (Å²) < 4.78 is 150. The number of hydrogen-bond donors (Lipinski definition) is 4. The van der Waals surface area contributed by atoms with Crippen molar-refractivity contribution in [1.29, 1.82) is 0 Å². The van der Waals surface area contributed by atoms with E-state index in [4.69, 9.17) is 0 Å². The molecule has 0 fully saturated rings. The largest absolute Gasteiger partial charge is 1.00 e. The van der Waals surface area contributed by atoms with Crippen molar-refractivity contribution in [2.45, 2.75) is 45.5 Å². The van der Waals surface area contributed by atoms with Crippen molar-refractivity contribution in [3.05, 3.63) is 155 Å². The van der Waals surface area contributed by atoms with Crippen LogP contribution in [0.3, 0.4) is 0 Å². The minimum atomic E-state index is -5.40. The number of anilines is 4. The molecule has 0 aliphatic carbocycles. The van der Waals surface area contributed by atoms with Crippen molar-refractivity contribution in [2.24, 2.45) is 30.7 Å². The fraction of sp³-hybridized carbons (Fsp3) is 0.0784. The van der Waals surface area contributed by atoms with Gasteiger partial charge in [0.25, 0.3) is 11.8 Å². The van der Waals surface area contributed by atoms with Crippen LogP contribution < -0.4 is 139 Å². The van der Waals surface area contributed by atoms with E-state index in [0.717, 1.165) is 82.9 Å². The van der Waals surface area contributed by atoms with Crippen LogP contribution in [-0.4, -0.2) is 115 Å². The molecule has 2 atom stereocenters. The number of hydrogen-bond acceptors (Lipinski definition) is 23. The predicted octanol–water partition coefficient (Wildman–Crippen LogP) is -5.55. The standard InChI is InChI=1S/C51H40N10O19S4.4Na/c1-27-45(56-54-39-9-5-3-7-37(39)49(64)65)47(62)60(58-27)35-21-17-31(43(25-35)83(75,76)77)13-11-29-15-19-33(23-41(29)81(69,70)71)52-51(68)53-34-20-16-30(42(24-34)82(72,73)74)12-14-32-18-22-36(26-44(32)84(78,79)80)61-48(63)46(28(2)59-61)57-55-40-10-6-4-8-38(40)50(66)67;;;;/h3-26,45-46H,1-2H3,(H,64,65)(H,66,67)(H2,52,53,68)(H,69,70,71)(H,72,73,74)(H,75,76,77)(H,78,79,80);;;;/q;4*+1/p-4/b13-11+,14-12+,56-54?,57-55?;;;;. The number of nitrogens with zero attached hydrogens (tertiary/aromatic N) is 8. The van der Waals surface area contributed by atoms with Crippen molar-refractivity contribution >= 4 is 140 Å². The van der Waals surface area contributed by atoms with E-state index >= 15 is 0 Å². The predicted molar refractivity (Wildman–Crippen MR) is 293 cm³/mol. The van der Waals surface area contributed by atoms with E-state index in [1.165, 1.54) is 74.5 Å². The minimum Gasteiger partial charge on any atom is -0.744 e. The maximum absolute atomic E-state index is 13.4. The van der Waals surface area contributed by atoms with E-state index in [1.807, 2.05) is 0 Å². The number of aromatic carboxylic acids is 2. The molecule has 0 aromatic heterocycles. The van der Waals surface area contributed by atoms with Crippen LogP contribution in [0.5, 0.6) is 0 Å². The third-order valence-corrected chi connectivity index (χ3v) is 15.6. The van der Waals surface area contributed by atoms with Gasteiger partial charge in [0.05, 0.1) is 64.9 Å². The summed E-state index contributed by atoms with van der Waals surface area (Å²) in [6.07, 6.45) is 3.84. The molecule has 2 aliphatic heterocycles. The monoisotopic (exact) mass is 1310 g/mol. The third-order valence-electron chi connectivity index (χ3n) is 12.0. The Balaban J connectivity index is 0.00000414. The number of nitrogens with one attached hydrogen (secondary N) is 2. The van der Waals surface area contributed by atoms with Gasteiger partial charge in [0.1, 0.15) is 40.5 Å². The molecule has 6 aromatic rings. The van der Waals surface area contributed by atoms with Crippen LogP contribution in [0.25, 0.3) is 24.3 Å². The van der Waals surface area contributed by atoms with Gasteiger partial charge in [-0.1, -0.05) is 72.8 Å². The molecule has 2 aliphatic rings. The number of carbonyl (C=O) groups is 5. The Labute approximate surface area is 589 Å². The van der Waals surface area contributed by atoms with Gasteiger partial charge in [0.2, 0.25) is 0 Å². The van der Waals surface area contributed by atoms with Gasteiger partial charge in [-0.05, 0) is 109 Å². The fourth-order valence-corrected chi connectivity index (χ4v) is 10.8. The average molecular weight is 1310 g/mol. The molecule has 0 bridgehead atoms. The van der Waals surface area contributed by atoms with E-state index in [2.05, 4.69) is 41.3 Å². The molecule has 2 unspecified atom stereocenters. The number of carboxylic acid groups (broad SMARTS) is 2. The van der Waals surface area contributed by atoms with E-state index in [-0.39, 0.29) is 197 Å². The third kappa shape index (κ3) is 17.7. The molecule has 0 saturated heterocycles. The Morgan fingerprint density at radius 2 is 0.773 bits per heavy atom. The Morgan fingerprint density at radius 1 is 0.477 bits per heavy atom. The average Bonchev–Trinajstić information content (AvgIpc) is 4.10. The van der Waals surface area contributed by atoms with Crippen molar-refractivity contribution in [3.63, 3.8) is 0 Å². The van der Waals surface area contributed by atoms with Gasteiger partial charge in [-0.15, -0.1) is 0 Å². The zero-order valence-electron chi connectivity index (χ0n) is 46.6. The first-order valence-corrected chi connectivity index (χ1v) is 29.1. The van der Waals surface area contributed by atoms with Crippen LogP contribution in [0.15, 0.2) is 172 Å². The smallest absolute Gasteiger partial charge is 0.744 e. The number of rotatable bonds is 18. The molecule has 0 saturated carbocycles. The number of hydrazone groups is 2. The Morgan fingerprint density at radius 3 is 1.08 bits per heavy atom. The van der Waals surface area contributed by atoms with Gasteiger partial charge in [0.15, 0.2) is 12.1 Å². The van der Waals surface area contributed by atoms with Crippen LogP contribution in [0, 0.1) is 0 Å². The second-order valence-electron chi connectivity index (χ2n) is 17.7. The molecule has 0 spiro atoms. The first-order valence-electron chi connectivity index (χ1n) is 23.5. The Hall–Kier alpha value is -5.87. The zero-order valence-corrected chi connectivity index (χ0v) is 57.8. The van der Waals surface area contributed by atoms with Crippen molar-refractivity contribution in [3.8, 4) is 0 Å². The molecule has 6 aromatic carbocycles. The SMILES string of the molecule is CC1=NN(c2ccc(/C=C/c3ccc(NC(=O)Nc4ccc(/C=C/c5ccc(N6N=C(C)C(N=Nc7ccccc7C(=O)O)C6=O)cc5S(=O)(=O)[O-])c(S(=O)(=O)[O-])c4)cc3S(=O)(=O)[O-])c(S(=O)(=O)[O-])c2)C(=O)C1N=Nc1ccccc1C(=O)O.[Na+].[Na+].[Na+].[Na+]. The summed E-state index contributed by atoms with van der Waals surface area (Å²) >= 11 is 0. The van der Waals surface area contributed by atoms with E-state index in [9.17, 15) is 86.1 Å². The number of azo groups is 2. The second kappa shape index (κ2) is 30.3. The number of urea groups is 1. The number of carbonyl (C=O) groups excluding carboxylic acids is 3. The molecule has 88 heavy (non-hydrogen) atoms. The summed E-state index contributed by atoms with van der Waals surface area (Å²) in [5, 5.41) is 48.6. The molecule has 2 heterocycles. The second-order valence-corrected chi connectivity index (χ2v) is 23.1. The quantitative estimate of drug-likeness (QED) is 0.0270. The topological polar surface area (TPSA) is 459 Å². The molecular formula is C51H36N10Na4O19S4. The first-order chi connectivity index (χ1) is 39.4. The summed E-state index contributed by atoms with van der Waals surface area (Å²) in [6, 6.07) is 18.9. The molecule has 4 N–H and O–H groups in total. The van der Waals surface area contributed by atoms with Crippen molar-refractivity contribution in [1.82, 2.24) is 0 Å². The maximum atomic E-state index is 13.4. The number of carboxylic acids is 2. The summed E-state index contributed by atoms with van der Waals surface area (Å²) in [4.78, 5) is 59.4. The van der Waals surface area contributed by atoms with Crippen molar-refractivity contribution < 1.29 is 204 Å². The Bertz CT molecular complexity index is 4210. The fourth-order valence-electron chi connectivity index (χ4n) is 8.07. The van der Waals surface area contributed by atoms with E-state index in [0.29, 0.717) is 12.1 Å². The van der Waals surface area contributed by atoms with E-state index in [1.54, 1.807) is 0 Å². The molecule has 432 valence electrons. The summed E-state index contributed by atoms with van der Waals surface area (Å²) in [6.45, 7) is 2.78. The normalized spacial score (nSPS) is 15.3. The van der Waals surface area contributed by atoms with Crippen molar-refractivity contribution in [2.75, 3.05) is 20.7 Å². The van der Waals surface area contributed by atoms with Crippen LogP contribution in [0.2, 0.25) is 0 Å². The number of amides is 4. The van der Waals surface area contributed by atoms with Crippen LogP contribution in [-0.2, 0) is 50.1 Å². The maximum Gasteiger partial charge on any atom is 1.00 e.